The molecule has 0 aliphatic heterocycles. The van der Waals surface area contributed by atoms with Crippen molar-refractivity contribution < 1.29 is 0 Å². The molecule has 0 radical (unpaired) electrons. The molecular weight excluding hydrogens is 671 g/mol. The molecule has 2 aromatic heterocycles. The number of hydrogen-bond donors (Lipinski definition) is 0. The first-order valence-electron chi connectivity index (χ1n) is 18.4. The number of benzene rings is 7. The molecule has 5 heteroatoms. The highest BCUT2D eigenvalue weighted by Gasteiger charge is 2.36. The molecule has 5 nitrogen and oxygen atoms in total. The van der Waals surface area contributed by atoms with Gasteiger partial charge in [0.1, 0.15) is 0 Å². The van der Waals surface area contributed by atoms with Crippen LogP contribution in [0.2, 0.25) is 0 Å². The predicted octanol–water partition coefficient (Wildman–Crippen LogP) is 12.1. The van der Waals surface area contributed by atoms with Crippen molar-refractivity contribution in [3.63, 3.8) is 0 Å². The van der Waals surface area contributed by atoms with Gasteiger partial charge in [-0.2, -0.15) is 5.26 Å². The molecule has 0 N–H and O–H groups in total. The summed E-state index contributed by atoms with van der Waals surface area (Å²) in [6, 6.07) is 55.0. The Morgan fingerprint density at radius 2 is 1.05 bits per heavy atom. The van der Waals surface area contributed by atoms with E-state index in [4.69, 9.17) is 15.0 Å². The number of nitriles is 1. The third kappa shape index (κ3) is 5.55. The Bertz CT molecular complexity index is 2940. The summed E-state index contributed by atoms with van der Waals surface area (Å²) in [4.78, 5) is 19.6. The van der Waals surface area contributed by atoms with Gasteiger partial charge in [0.2, 0.25) is 0 Å². The maximum atomic E-state index is 9.50. The van der Waals surface area contributed by atoms with Crippen molar-refractivity contribution in [1.82, 2.24) is 19.9 Å². The number of rotatable bonds is 5. The summed E-state index contributed by atoms with van der Waals surface area (Å²) in [6.07, 6.45) is 3.70. The first-order chi connectivity index (χ1) is 26.9. The quantitative estimate of drug-likeness (QED) is 0.167. The number of hydrogen-bond acceptors (Lipinski definition) is 5. The van der Waals surface area contributed by atoms with Gasteiger partial charge in [-0.1, -0.05) is 111 Å². The molecule has 0 saturated heterocycles. The lowest BCUT2D eigenvalue weighted by atomic mass is 9.80. The maximum absolute atomic E-state index is 9.50. The summed E-state index contributed by atoms with van der Waals surface area (Å²) in [7, 11) is 0. The Morgan fingerprint density at radius 1 is 0.455 bits per heavy atom. The van der Waals surface area contributed by atoms with E-state index in [-0.39, 0.29) is 5.41 Å². The molecule has 9 aromatic rings. The Labute approximate surface area is 319 Å². The average molecular weight is 704 g/mol. The highest BCUT2D eigenvalue weighted by atomic mass is 15.0. The highest BCUT2D eigenvalue weighted by molar-refractivity contribution is 6.10. The molecule has 0 fully saturated rings. The first-order valence-corrected chi connectivity index (χ1v) is 18.4. The summed E-state index contributed by atoms with van der Waals surface area (Å²) < 4.78 is 0. The smallest absolute Gasteiger partial charge is 0.164 e. The van der Waals surface area contributed by atoms with Crippen LogP contribution in [-0.4, -0.2) is 19.9 Å². The van der Waals surface area contributed by atoms with Gasteiger partial charge >= 0.3 is 0 Å². The van der Waals surface area contributed by atoms with Gasteiger partial charge in [-0.05, 0) is 115 Å². The van der Waals surface area contributed by atoms with Crippen molar-refractivity contribution in [2.75, 3.05) is 0 Å². The fourth-order valence-corrected chi connectivity index (χ4v) is 8.10. The van der Waals surface area contributed by atoms with Gasteiger partial charge in [0.25, 0.3) is 0 Å². The summed E-state index contributed by atoms with van der Waals surface area (Å²) >= 11 is 0. The van der Waals surface area contributed by atoms with Crippen molar-refractivity contribution in [2.24, 2.45) is 0 Å². The largest absolute Gasteiger partial charge is 0.264 e. The van der Waals surface area contributed by atoms with Gasteiger partial charge in [0.15, 0.2) is 17.5 Å². The van der Waals surface area contributed by atoms with Crippen molar-refractivity contribution in [1.29, 1.82) is 5.26 Å². The number of aromatic nitrogens is 4. The minimum atomic E-state index is -0.239. The van der Waals surface area contributed by atoms with Crippen LogP contribution in [0.25, 0.3) is 89.1 Å². The standard InChI is InChI=1S/C50H33N5/c1-50(2)45-27-34(18-20-42(45)44-26-36-17-16-35-22-31(29-51)15-19-41(35)43(36)28-46(44)50)38-23-39(37-14-9-21-52-30-37)25-40(24-38)49-54-47(32-10-5-3-6-11-32)53-48(55-49)33-12-7-4-8-13-33/h3-28,30H,1-2H3. The van der Waals surface area contributed by atoms with Crippen LogP contribution in [0.15, 0.2) is 164 Å². The molecule has 7 aromatic carbocycles. The van der Waals surface area contributed by atoms with Crippen molar-refractivity contribution >= 4 is 21.5 Å². The van der Waals surface area contributed by atoms with E-state index in [1.165, 1.54) is 33.0 Å². The fraction of sp³-hybridized carbons (Fsp3) is 0.0600. The lowest BCUT2D eigenvalue weighted by molar-refractivity contribution is 0.661. The number of pyridine rings is 1. The number of fused-ring (bicyclic) bond motifs is 6. The van der Waals surface area contributed by atoms with E-state index >= 15 is 0 Å². The van der Waals surface area contributed by atoms with Crippen molar-refractivity contribution in [2.45, 2.75) is 19.3 Å². The van der Waals surface area contributed by atoms with E-state index in [0.717, 1.165) is 49.7 Å². The van der Waals surface area contributed by atoms with Crippen LogP contribution < -0.4 is 0 Å². The van der Waals surface area contributed by atoms with Gasteiger partial charge in [0, 0.05) is 40.1 Å². The lowest BCUT2D eigenvalue weighted by Crippen LogP contribution is -2.15. The zero-order chi connectivity index (χ0) is 37.1. The molecule has 0 saturated carbocycles. The second kappa shape index (κ2) is 12.7. The van der Waals surface area contributed by atoms with E-state index < -0.39 is 0 Å². The molecule has 1 aliphatic rings. The Morgan fingerprint density at radius 3 is 1.71 bits per heavy atom. The van der Waals surface area contributed by atoms with E-state index in [2.05, 4.69) is 97.7 Å². The molecule has 0 amide bonds. The van der Waals surface area contributed by atoms with Gasteiger partial charge in [-0.3, -0.25) is 4.98 Å². The van der Waals surface area contributed by atoms with Crippen LogP contribution in [0.1, 0.15) is 30.5 Å². The fourth-order valence-electron chi connectivity index (χ4n) is 8.10. The third-order valence-electron chi connectivity index (χ3n) is 11.0. The predicted molar refractivity (Wildman–Crippen MR) is 222 cm³/mol. The van der Waals surface area contributed by atoms with Gasteiger partial charge in [-0.15, -0.1) is 0 Å². The molecule has 0 spiro atoms. The SMILES string of the molecule is CC1(C)c2cc(-c3cc(-c4cccnc4)cc(-c4nc(-c5ccccc5)nc(-c5ccccc5)n4)c3)ccc2-c2cc3ccc4cc(C#N)ccc4c3cc21. The number of nitrogens with zero attached hydrogens (tertiary/aromatic N) is 5. The Hall–Kier alpha value is -7.29. The summed E-state index contributed by atoms with van der Waals surface area (Å²) in [5, 5.41) is 14.1. The van der Waals surface area contributed by atoms with E-state index in [1.807, 2.05) is 85.1 Å². The van der Waals surface area contributed by atoms with Crippen LogP contribution in [0.5, 0.6) is 0 Å². The Kier molecular flexibility index (Phi) is 7.47. The van der Waals surface area contributed by atoms with E-state index in [9.17, 15) is 5.26 Å². The monoisotopic (exact) mass is 703 g/mol. The first kappa shape index (κ1) is 32.4. The molecular formula is C50H33N5. The minimum absolute atomic E-state index is 0.239. The average Bonchev–Trinajstić information content (AvgIpc) is 3.47. The molecule has 10 rings (SSSR count). The molecule has 258 valence electrons. The maximum Gasteiger partial charge on any atom is 0.164 e. The van der Waals surface area contributed by atoms with Crippen molar-refractivity contribution in [3.8, 4) is 73.6 Å². The molecule has 0 bridgehead atoms. The second-order valence-corrected chi connectivity index (χ2v) is 14.7. The summed E-state index contributed by atoms with van der Waals surface area (Å²) in [5.74, 6) is 1.86. The summed E-state index contributed by atoms with van der Waals surface area (Å²) in [6.45, 7) is 4.65. The second-order valence-electron chi connectivity index (χ2n) is 14.7. The zero-order valence-electron chi connectivity index (χ0n) is 30.3. The highest BCUT2D eigenvalue weighted by Crippen LogP contribution is 2.51. The van der Waals surface area contributed by atoms with Crippen LogP contribution in [0.4, 0.5) is 0 Å². The third-order valence-corrected chi connectivity index (χ3v) is 11.0. The molecule has 2 heterocycles. The van der Waals surface area contributed by atoms with Gasteiger partial charge in [0.05, 0.1) is 11.6 Å². The normalized spacial score (nSPS) is 12.7. The van der Waals surface area contributed by atoms with E-state index in [0.29, 0.717) is 23.0 Å². The molecule has 0 unspecified atom stereocenters. The lowest BCUT2D eigenvalue weighted by Gasteiger charge is -2.23. The van der Waals surface area contributed by atoms with Gasteiger partial charge < -0.3 is 0 Å². The zero-order valence-corrected chi connectivity index (χ0v) is 30.3. The molecule has 55 heavy (non-hydrogen) atoms. The van der Waals surface area contributed by atoms with Crippen molar-refractivity contribution in [3.05, 3.63) is 181 Å². The molecule has 1 aliphatic carbocycles. The Balaban J connectivity index is 1.14. The molecule has 0 atom stereocenters. The van der Waals surface area contributed by atoms with Crippen LogP contribution in [-0.2, 0) is 5.41 Å². The van der Waals surface area contributed by atoms with E-state index in [1.54, 1.807) is 6.20 Å². The van der Waals surface area contributed by atoms with Crippen LogP contribution >= 0.6 is 0 Å². The topological polar surface area (TPSA) is 75.3 Å². The van der Waals surface area contributed by atoms with Crippen LogP contribution in [0, 0.1) is 11.3 Å². The summed E-state index contributed by atoms with van der Waals surface area (Å²) in [5.41, 5.74) is 12.5. The minimum Gasteiger partial charge on any atom is -0.264 e. The van der Waals surface area contributed by atoms with Gasteiger partial charge in [-0.25, -0.2) is 15.0 Å². The van der Waals surface area contributed by atoms with Crippen LogP contribution in [0.3, 0.4) is 0 Å².